The van der Waals surface area contributed by atoms with Crippen LogP contribution in [-0.4, -0.2) is 123 Å². The lowest BCUT2D eigenvalue weighted by Crippen LogP contribution is -2.60. The Morgan fingerprint density at radius 1 is 0.507 bits per heavy atom. The average Bonchev–Trinajstić information content (AvgIpc) is 4.16. The Morgan fingerprint density at radius 2 is 0.933 bits per heavy atom. The second kappa shape index (κ2) is 27.0. The van der Waals surface area contributed by atoms with E-state index in [1.807, 2.05) is 54.6 Å². The van der Waals surface area contributed by atoms with Gasteiger partial charge < -0.3 is 75.5 Å². The van der Waals surface area contributed by atoms with Crippen molar-refractivity contribution in [2.45, 2.75) is 94.5 Å². The van der Waals surface area contributed by atoms with Crippen molar-refractivity contribution in [3.63, 3.8) is 0 Å². The molecular formula is C51H65N17O7. The number of amides is 7. The quantitative estimate of drug-likeness (QED) is 0.0163. The maximum atomic E-state index is 15.1. The second-order valence-corrected chi connectivity index (χ2v) is 18.0. The highest BCUT2D eigenvalue weighted by molar-refractivity contribution is 5.98. The molecular weight excluding hydrogens is 963 g/mol. The van der Waals surface area contributed by atoms with E-state index in [1.165, 1.54) is 19.4 Å². The summed E-state index contributed by atoms with van der Waals surface area (Å²) in [6.45, 7) is 1.54. The maximum Gasteiger partial charge on any atom is 0.243 e. The number of para-hydroxylation sites is 2. The predicted molar refractivity (Wildman–Crippen MR) is 283 cm³/mol. The molecule has 0 spiro atoms. The van der Waals surface area contributed by atoms with Gasteiger partial charge in [-0.05, 0) is 54.5 Å². The molecule has 0 fully saturated rings. The Morgan fingerprint density at radius 3 is 1.40 bits per heavy atom. The molecule has 0 bridgehead atoms. The average molecular weight is 1030 g/mol. The Labute approximate surface area is 431 Å². The third kappa shape index (κ3) is 16.7. The first-order valence-corrected chi connectivity index (χ1v) is 24.3. The summed E-state index contributed by atoms with van der Waals surface area (Å²) >= 11 is 0. The summed E-state index contributed by atoms with van der Waals surface area (Å²) in [5.41, 5.74) is 31.8. The van der Waals surface area contributed by atoms with Crippen LogP contribution in [-0.2, 0) is 59.2 Å². The van der Waals surface area contributed by atoms with Crippen molar-refractivity contribution >= 4 is 75.1 Å². The number of nitrogens with two attached hydrogens (primary N) is 5. The zero-order valence-corrected chi connectivity index (χ0v) is 41.4. The number of carbonyl (C=O) groups is 7. The van der Waals surface area contributed by atoms with Crippen LogP contribution < -0.4 is 60.6 Å². The van der Waals surface area contributed by atoms with Gasteiger partial charge in [0.1, 0.15) is 36.3 Å². The number of hydrogen-bond acceptors (Lipinski definition) is 10. The lowest BCUT2D eigenvalue weighted by Gasteiger charge is -2.27. The number of carbonyl (C=O) groups excluding carboxylic acids is 7. The van der Waals surface area contributed by atoms with E-state index in [4.69, 9.17) is 28.7 Å². The van der Waals surface area contributed by atoms with Gasteiger partial charge in [0.15, 0.2) is 11.9 Å². The number of aromatic amines is 3. The van der Waals surface area contributed by atoms with E-state index >= 15 is 4.79 Å². The monoisotopic (exact) mass is 1030 g/mol. The van der Waals surface area contributed by atoms with Crippen molar-refractivity contribution < 1.29 is 33.6 Å². The van der Waals surface area contributed by atoms with Crippen LogP contribution in [0.25, 0.3) is 21.8 Å². The molecule has 3 aromatic heterocycles. The highest BCUT2D eigenvalue weighted by Crippen LogP contribution is 2.22. The summed E-state index contributed by atoms with van der Waals surface area (Å²) in [4.78, 5) is 119. The highest BCUT2D eigenvalue weighted by Gasteiger charge is 2.34. The number of guanidine groups is 2. The molecule has 0 aliphatic rings. The van der Waals surface area contributed by atoms with Gasteiger partial charge in [-0.3, -0.25) is 43.5 Å². The van der Waals surface area contributed by atoms with Gasteiger partial charge in [-0.25, -0.2) is 4.98 Å². The number of fused-ring (bicyclic) bond motifs is 2. The van der Waals surface area contributed by atoms with Crippen molar-refractivity contribution in [1.82, 2.24) is 51.8 Å². The molecule has 24 nitrogen and oxygen atoms in total. The molecule has 0 aliphatic heterocycles. The third-order valence-corrected chi connectivity index (χ3v) is 12.2. The van der Waals surface area contributed by atoms with Gasteiger partial charge in [0, 0.05) is 91.8 Å². The standard InChI is InChI=1S/C51H65N17O7/c1-29(69)63-40(21-30-11-3-2-4-12-30)46(72)65-39(18-10-20-59-51(55)56)45(71)66-41(22-31-25-60-36-15-7-5-13-34(31)36)47(73)67-42(23-32-26-61-37-16-8-6-14-35(32)37)48(74)68-43(24-33-27-57-28-62-33)49(75)64-38(44(52)70)17-9-19-58-50(53)54/h2-8,11-16,25-28,38-43,60-61H,9-10,17-24H2,1H3,(H2,52,70)(H,57,62)(H,63,69)(H,64,75)(H,65,72)(H,66,71)(H,67,73)(H,68,74)(H4,53,54,58)(H4,55,56,59)/t38-,39-,40-,41-,42-,43-/m0/s1. The van der Waals surface area contributed by atoms with Crippen LogP contribution in [0.3, 0.4) is 0 Å². The lowest BCUT2D eigenvalue weighted by molar-refractivity contribution is -0.135. The van der Waals surface area contributed by atoms with Crippen molar-refractivity contribution in [3.8, 4) is 0 Å². The number of aromatic nitrogens is 4. The first-order chi connectivity index (χ1) is 36.0. The van der Waals surface area contributed by atoms with Gasteiger partial charge in [-0.2, -0.15) is 0 Å². The van der Waals surface area contributed by atoms with E-state index in [1.54, 1.807) is 36.7 Å². The molecule has 0 unspecified atom stereocenters. The van der Waals surface area contributed by atoms with E-state index in [9.17, 15) is 28.8 Å². The van der Waals surface area contributed by atoms with Crippen LogP contribution >= 0.6 is 0 Å². The van der Waals surface area contributed by atoms with Gasteiger partial charge in [0.25, 0.3) is 0 Å². The minimum absolute atomic E-state index is 0.00611. The van der Waals surface area contributed by atoms with Gasteiger partial charge in [-0.15, -0.1) is 0 Å². The molecule has 7 amide bonds. The number of nitrogens with zero attached hydrogens (tertiary/aromatic N) is 3. The Balaban J connectivity index is 1.32. The summed E-state index contributed by atoms with van der Waals surface area (Å²) in [7, 11) is 0. The van der Waals surface area contributed by atoms with Crippen molar-refractivity contribution in [3.05, 3.63) is 126 Å². The maximum absolute atomic E-state index is 15.1. The van der Waals surface area contributed by atoms with E-state index in [0.717, 1.165) is 27.4 Å². The van der Waals surface area contributed by atoms with Gasteiger partial charge in [0.05, 0.1) is 6.33 Å². The van der Waals surface area contributed by atoms with E-state index in [0.29, 0.717) is 16.8 Å². The lowest BCUT2D eigenvalue weighted by atomic mass is 10.00. The second-order valence-electron chi connectivity index (χ2n) is 18.0. The number of hydrogen-bond donors (Lipinski definition) is 14. The van der Waals surface area contributed by atoms with Crippen LogP contribution in [0.1, 0.15) is 55.0 Å². The summed E-state index contributed by atoms with van der Waals surface area (Å²) in [6, 6.07) is 16.1. The minimum atomic E-state index is -1.39. The number of H-pyrrole nitrogens is 3. The highest BCUT2D eigenvalue weighted by atomic mass is 16.2. The first-order valence-electron chi connectivity index (χ1n) is 24.3. The molecule has 3 heterocycles. The normalized spacial score (nSPS) is 13.5. The smallest absolute Gasteiger partial charge is 0.243 e. The van der Waals surface area contributed by atoms with E-state index < -0.39 is 77.6 Å². The summed E-state index contributed by atoms with van der Waals surface area (Å²) < 4.78 is 0. The van der Waals surface area contributed by atoms with E-state index in [2.05, 4.69) is 61.8 Å². The number of imidazole rings is 1. The first kappa shape index (κ1) is 55.1. The van der Waals surface area contributed by atoms with E-state index in [-0.39, 0.29) is 76.4 Å². The molecule has 3 aromatic carbocycles. The molecule has 6 atom stereocenters. The fourth-order valence-corrected chi connectivity index (χ4v) is 8.51. The molecule has 396 valence electrons. The zero-order valence-electron chi connectivity index (χ0n) is 41.4. The van der Waals surface area contributed by atoms with Gasteiger partial charge in [-0.1, -0.05) is 66.7 Å². The summed E-state index contributed by atoms with van der Waals surface area (Å²) in [5, 5.41) is 18.1. The third-order valence-electron chi connectivity index (χ3n) is 12.2. The predicted octanol–water partition coefficient (Wildman–Crippen LogP) is -0.836. The molecule has 0 saturated heterocycles. The number of nitrogens with one attached hydrogen (secondary N) is 9. The zero-order chi connectivity index (χ0) is 53.9. The fourth-order valence-electron chi connectivity index (χ4n) is 8.51. The number of primary amides is 1. The molecule has 0 saturated carbocycles. The molecule has 6 rings (SSSR count). The molecule has 24 heteroatoms. The van der Waals surface area contributed by atoms with Crippen molar-refractivity contribution in [2.24, 2.45) is 38.7 Å². The van der Waals surface area contributed by atoms with Crippen molar-refractivity contribution in [2.75, 3.05) is 13.1 Å². The molecule has 75 heavy (non-hydrogen) atoms. The molecule has 0 radical (unpaired) electrons. The fraction of sp³-hybridized carbons (Fsp3) is 0.333. The van der Waals surface area contributed by atoms with Gasteiger partial charge in [0.2, 0.25) is 41.4 Å². The molecule has 0 aliphatic carbocycles. The summed E-state index contributed by atoms with van der Waals surface area (Å²) in [6.07, 6.45) is 6.67. The van der Waals surface area contributed by atoms with Gasteiger partial charge >= 0.3 is 0 Å². The Kier molecular flexibility index (Phi) is 19.8. The number of rotatable bonds is 28. The Bertz CT molecular complexity index is 2960. The largest absolute Gasteiger partial charge is 0.370 e. The summed E-state index contributed by atoms with van der Waals surface area (Å²) in [5.74, 6) is -5.38. The van der Waals surface area contributed by atoms with Crippen LogP contribution in [0.5, 0.6) is 0 Å². The van der Waals surface area contributed by atoms with Crippen LogP contribution in [0, 0.1) is 0 Å². The Hall–Kier alpha value is -9.22. The van der Waals surface area contributed by atoms with Crippen molar-refractivity contribution in [1.29, 1.82) is 0 Å². The van der Waals surface area contributed by atoms with Crippen LogP contribution in [0.2, 0.25) is 0 Å². The molecule has 6 aromatic rings. The SMILES string of the molecule is CC(=O)N[C@@H](Cc1ccccc1)C(=O)N[C@@H](CCCN=C(N)N)C(=O)N[C@@H](Cc1c[nH]c2ccccc12)C(=O)N[C@@H](Cc1c[nH]c2ccccc12)C(=O)N[C@@H](Cc1cnc[nH]1)C(=O)N[C@@H](CCCN=C(N)N)C(N)=O. The van der Waals surface area contributed by atoms with Crippen LogP contribution in [0.4, 0.5) is 0 Å². The number of aliphatic imine (C=N–C) groups is 2. The number of benzene rings is 3. The topological polar surface area (TPSA) is 407 Å². The minimum Gasteiger partial charge on any atom is -0.370 e. The molecule has 19 N–H and O–H groups in total. The van der Waals surface area contributed by atoms with Crippen LogP contribution in [0.15, 0.2) is 114 Å².